The fourth-order valence-electron chi connectivity index (χ4n) is 2.52. The number of nitrogens with zero attached hydrogens (tertiary/aromatic N) is 1. The highest BCUT2D eigenvalue weighted by Gasteiger charge is 2.36. The molecule has 0 bridgehead atoms. The van der Waals surface area contributed by atoms with E-state index in [9.17, 15) is 4.79 Å². The number of hydrogen-bond acceptors (Lipinski definition) is 3. The Hall–Kier alpha value is -1.71. The Kier molecular flexibility index (Phi) is 3.20. The third-order valence-corrected chi connectivity index (χ3v) is 3.60. The number of amides is 1. The van der Waals surface area contributed by atoms with Gasteiger partial charge in [-0.25, -0.2) is 0 Å². The van der Waals surface area contributed by atoms with Gasteiger partial charge in [0.1, 0.15) is 5.75 Å². The second-order valence-electron chi connectivity index (χ2n) is 5.33. The number of methoxy groups -OCH3 is 1. The molecule has 1 aromatic carbocycles. The highest BCUT2D eigenvalue weighted by Crippen LogP contribution is 2.32. The number of nitrogens with two attached hydrogens (primary N) is 1. The Bertz CT molecular complexity index is 469. The summed E-state index contributed by atoms with van der Waals surface area (Å²) in [7, 11) is 1.57. The van der Waals surface area contributed by atoms with Gasteiger partial charge in [0, 0.05) is 17.8 Å². The SMILES string of the molecule is COc1ccc(N)cc1C(=O)N1CCCC1(C)C. The highest BCUT2D eigenvalue weighted by atomic mass is 16.5. The smallest absolute Gasteiger partial charge is 0.258 e. The van der Waals surface area contributed by atoms with Gasteiger partial charge in [-0.15, -0.1) is 0 Å². The lowest BCUT2D eigenvalue weighted by Crippen LogP contribution is -2.42. The first-order valence-corrected chi connectivity index (χ1v) is 6.21. The van der Waals surface area contributed by atoms with E-state index in [0.29, 0.717) is 17.0 Å². The first-order valence-electron chi connectivity index (χ1n) is 6.21. The molecule has 0 unspecified atom stereocenters. The number of benzene rings is 1. The molecule has 1 saturated heterocycles. The van der Waals surface area contributed by atoms with E-state index < -0.39 is 0 Å². The van der Waals surface area contributed by atoms with Crippen molar-refractivity contribution < 1.29 is 9.53 Å². The maximum absolute atomic E-state index is 12.6. The predicted octanol–water partition coefficient (Wildman–Crippen LogP) is 2.29. The summed E-state index contributed by atoms with van der Waals surface area (Å²) in [6.07, 6.45) is 2.08. The van der Waals surface area contributed by atoms with Crippen LogP contribution in [-0.4, -0.2) is 30.0 Å². The summed E-state index contributed by atoms with van der Waals surface area (Å²) in [5.74, 6) is 0.582. The predicted molar refractivity (Wildman–Crippen MR) is 71.8 cm³/mol. The average molecular weight is 248 g/mol. The molecule has 2 rings (SSSR count). The molecule has 1 fully saturated rings. The van der Waals surface area contributed by atoms with Crippen LogP contribution in [0.15, 0.2) is 18.2 Å². The first kappa shape index (κ1) is 12.7. The van der Waals surface area contributed by atoms with Crippen LogP contribution < -0.4 is 10.5 Å². The lowest BCUT2D eigenvalue weighted by Gasteiger charge is -2.32. The van der Waals surface area contributed by atoms with Crippen molar-refractivity contribution in [2.75, 3.05) is 19.4 Å². The van der Waals surface area contributed by atoms with Crippen LogP contribution in [0, 0.1) is 0 Å². The standard InChI is InChI=1S/C14H20N2O2/c1-14(2)7-4-8-16(14)13(17)11-9-10(15)5-6-12(11)18-3/h5-6,9H,4,7-8,15H2,1-3H3. The molecule has 4 heteroatoms. The molecule has 0 radical (unpaired) electrons. The van der Waals surface area contributed by atoms with Gasteiger partial charge in [-0.1, -0.05) is 0 Å². The van der Waals surface area contributed by atoms with Gasteiger partial charge in [0.05, 0.1) is 12.7 Å². The zero-order valence-corrected chi connectivity index (χ0v) is 11.2. The lowest BCUT2D eigenvalue weighted by atomic mass is 10.0. The van der Waals surface area contributed by atoms with Crippen molar-refractivity contribution in [1.82, 2.24) is 4.90 Å². The first-order chi connectivity index (χ1) is 8.45. The van der Waals surface area contributed by atoms with Gasteiger partial charge in [-0.05, 0) is 44.9 Å². The van der Waals surface area contributed by atoms with E-state index in [2.05, 4.69) is 13.8 Å². The van der Waals surface area contributed by atoms with Crippen molar-refractivity contribution in [2.24, 2.45) is 0 Å². The summed E-state index contributed by atoms with van der Waals surface area (Å²) in [4.78, 5) is 14.5. The van der Waals surface area contributed by atoms with Crippen molar-refractivity contribution in [1.29, 1.82) is 0 Å². The van der Waals surface area contributed by atoms with E-state index in [1.54, 1.807) is 25.3 Å². The molecule has 4 nitrogen and oxygen atoms in total. The van der Waals surface area contributed by atoms with Gasteiger partial charge in [-0.2, -0.15) is 0 Å². The van der Waals surface area contributed by atoms with E-state index in [0.717, 1.165) is 19.4 Å². The van der Waals surface area contributed by atoms with Crippen LogP contribution in [0.2, 0.25) is 0 Å². The number of likely N-dealkylation sites (tertiary alicyclic amines) is 1. The molecular weight excluding hydrogens is 228 g/mol. The maximum atomic E-state index is 12.6. The minimum Gasteiger partial charge on any atom is -0.496 e. The van der Waals surface area contributed by atoms with Gasteiger partial charge in [0.2, 0.25) is 0 Å². The summed E-state index contributed by atoms with van der Waals surface area (Å²) in [5.41, 5.74) is 6.80. The zero-order chi connectivity index (χ0) is 13.3. The van der Waals surface area contributed by atoms with Gasteiger partial charge < -0.3 is 15.4 Å². The number of nitrogen functional groups attached to an aromatic ring is 1. The van der Waals surface area contributed by atoms with Crippen molar-refractivity contribution in [3.8, 4) is 5.75 Å². The van der Waals surface area contributed by atoms with E-state index in [1.807, 2.05) is 4.90 Å². The number of carbonyl (C=O) groups excluding carboxylic acids is 1. The second kappa shape index (κ2) is 4.52. The minimum atomic E-state index is -0.0906. The van der Waals surface area contributed by atoms with Crippen molar-refractivity contribution in [3.05, 3.63) is 23.8 Å². The largest absolute Gasteiger partial charge is 0.496 e. The van der Waals surface area contributed by atoms with Gasteiger partial charge in [0.25, 0.3) is 5.91 Å². The molecule has 98 valence electrons. The fourth-order valence-corrected chi connectivity index (χ4v) is 2.52. The van der Waals surface area contributed by atoms with Crippen LogP contribution in [-0.2, 0) is 0 Å². The van der Waals surface area contributed by atoms with Crippen LogP contribution >= 0.6 is 0 Å². The van der Waals surface area contributed by atoms with Crippen molar-refractivity contribution >= 4 is 11.6 Å². The van der Waals surface area contributed by atoms with E-state index in [-0.39, 0.29) is 11.4 Å². The monoisotopic (exact) mass is 248 g/mol. The Balaban J connectivity index is 2.37. The quantitative estimate of drug-likeness (QED) is 0.817. The number of hydrogen-bond donors (Lipinski definition) is 1. The summed E-state index contributed by atoms with van der Waals surface area (Å²) in [5, 5.41) is 0. The zero-order valence-electron chi connectivity index (χ0n) is 11.2. The summed E-state index contributed by atoms with van der Waals surface area (Å²) >= 11 is 0. The third kappa shape index (κ3) is 2.15. The summed E-state index contributed by atoms with van der Waals surface area (Å²) in [6.45, 7) is 4.98. The van der Waals surface area contributed by atoms with E-state index >= 15 is 0 Å². The molecule has 2 N–H and O–H groups in total. The maximum Gasteiger partial charge on any atom is 0.258 e. The van der Waals surface area contributed by atoms with Gasteiger partial charge in [0.15, 0.2) is 0 Å². The lowest BCUT2D eigenvalue weighted by molar-refractivity contribution is 0.0648. The molecule has 0 aromatic heterocycles. The topological polar surface area (TPSA) is 55.6 Å². The highest BCUT2D eigenvalue weighted by molar-refractivity contribution is 5.98. The van der Waals surface area contributed by atoms with Crippen LogP contribution in [0.1, 0.15) is 37.0 Å². The second-order valence-corrected chi connectivity index (χ2v) is 5.33. The number of carbonyl (C=O) groups is 1. The molecule has 1 heterocycles. The normalized spacial score (nSPS) is 17.8. The van der Waals surface area contributed by atoms with Crippen molar-refractivity contribution in [3.63, 3.8) is 0 Å². The molecule has 1 aromatic rings. The van der Waals surface area contributed by atoms with Gasteiger partial charge >= 0.3 is 0 Å². The molecule has 1 aliphatic rings. The Morgan fingerprint density at radius 1 is 1.44 bits per heavy atom. The number of rotatable bonds is 2. The Morgan fingerprint density at radius 3 is 2.72 bits per heavy atom. The molecule has 0 atom stereocenters. The van der Waals surface area contributed by atoms with Crippen LogP contribution in [0.3, 0.4) is 0 Å². The summed E-state index contributed by atoms with van der Waals surface area (Å²) < 4.78 is 5.25. The summed E-state index contributed by atoms with van der Waals surface area (Å²) in [6, 6.07) is 5.17. The van der Waals surface area contributed by atoms with Gasteiger partial charge in [-0.3, -0.25) is 4.79 Å². The molecule has 18 heavy (non-hydrogen) atoms. The van der Waals surface area contributed by atoms with Crippen LogP contribution in [0.5, 0.6) is 5.75 Å². The molecule has 0 spiro atoms. The average Bonchev–Trinajstić information content (AvgIpc) is 2.68. The number of anilines is 1. The van der Waals surface area contributed by atoms with Crippen LogP contribution in [0.25, 0.3) is 0 Å². The fraction of sp³-hybridized carbons (Fsp3) is 0.500. The number of ether oxygens (including phenoxy) is 1. The molecule has 0 saturated carbocycles. The molecular formula is C14H20N2O2. The molecule has 1 aliphatic heterocycles. The van der Waals surface area contributed by atoms with Crippen LogP contribution in [0.4, 0.5) is 5.69 Å². The minimum absolute atomic E-state index is 0.00153. The van der Waals surface area contributed by atoms with E-state index in [4.69, 9.17) is 10.5 Å². The third-order valence-electron chi connectivity index (χ3n) is 3.60. The molecule has 0 aliphatic carbocycles. The molecule has 1 amide bonds. The Labute approximate surface area is 108 Å². The Morgan fingerprint density at radius 2 is 2.17 bits per heavy atom. The van der Waals surface area contributed by atoms with Crippen molar-refractivity contribution in [2.45, 2.75) is 32.2 Å². The van der Waals surface area contributed by atoms with E-state index in [1.165, 1.54) is 0 Å².